The lowest BCUT2D eigenvalue weighted by Gasteiger charge is -2.06. The van der Waals surface area contributed by atoms with Crippen LogP contribution in [0.4, 0.5) is 0 Å². The van der Waals surface area contributed by atoms with Crippen LogP contribution in [0.2, 0.25) is 0 Å². The average Bonchev–Trinajstić information content (AvgIpc) is 2.79. The van der Waals surface area contributed by atoms with Crippen molar-refractivity contribution in [3.05, 3.63) is 29.2 Å². The fraction of sp³-hybridized carbons (Fsp3) is 0.364. The SMILES string of the molecule is CCS(=O)(=O)CCn1c(-c2ccccn2)n[nH]c1=S. The van der Waals surface area contributed by atoms with Gasteiger partial charge < -0.3 is 0 Å². The number of sulfone groups is 1. The minimum absolute atomic E-state index is 0.0389. The quantitative estimate of drug-likeness (QED) is 0.845. The van der Waals surface area contributed by atoms with Crippen LogP contribution in [0, 0.1) is 4.77 Å². The third kappa shape index (κ3) is 3.27. The third-order valence-corrected chi connectivity index (χ3v) is 4.71. The molecule has 2 rings (SSSR count). The van der Waals surface area contributed by atoms with E-state index in [9.17, 15) is 8.42 Å². The van der Waals surface area contributed by atoms with Crippen LogP contribution in [0.5, 0.6) is 0 Å². The Morgan fingerprint density at radius 2 is 2.21 bits per heavy atom. The number of hydrogen-bond donors (Lipinski definition) is 1. The van der Waals surface area contributed by atoms with E-state index in [-0.39, 0.29) is 18.1 Å². The van der Waals surface area contributed by atoms with Crippen molar-refractivity contribution in [2.75, 3.05) is 11.5 Å². The molecule has 0 aliphatic heterocycles. The van der Waals surface area contributed by atoms with Gasteiger partial charge in [0.05, 0.1) is 5.75 Å². The maximum atomic E-state index is 11.6. The highest BCUT2D eigenvalue weighted by molar-refractivity contribution is 7.91. The number of aromatic amines is 1. The normalized spacial score (nSPS) is 11.6. The molecule has 2 aromatic rings. The Morgan fingerprint density at radius 1 is 1.42 bits per heavy atom. The molecule has 0 amide bonds. The predicted octanol–water partition coefficient (Wildman–Crippen LogP) is 1.44. The highest BCUT2D eigenvalue weighted by Crippen LogP contribution is 2.13. The first-order chi connectivity index (χ1) is 9.03. The second kappa shape index (κ2) is 5.62. The zero-order valence-corrected chi connectivity index (χ0v) is 12.0. The molecule has 0 aromatic carbocycles. The van der Waals surface area contributed by atoms with Gasteiger partial charge in [-0.3, -0.25) is 14.6 Å². The van der Waals surface area contributed by atoms with Gasteiger partial charge in [0.15, 0.2) is 20.4 Å². The molecule has 0 aliphatic rings. The molecule has 8 heteroatoms. The minimum Gasteiger partial charge on any atom is -0.298 e. The minimum atomic E-state index is -3.04. The van der Waals surface area contributed by atoms with Crippen LogP contribution in [-0.2, 0) is 16.4 Å². The Hall–Kier alpha value is -1.54. The van der Waals surface area contributed by atoms with Crippen LogP contribution in [0.3, 0.4) is 0 Å². The van der Waals surface area contributed by atoms with Crippen molar-refractivity contribution in [3.8, 4) is 11.5 Å². The van der Waals surface area contributed by atoms with Crippen LogP contribution >= 0.6 is 12.2 Å². The van der Waals surface area contributed by atoms with Crippen molar-refractivity contribution in [1.29, 1.82) is 0 Å². The Bertz CT molecular complexity index is 704. The standard InChI is InChI=1S/C11H14N4O2S2/c1-2-19(16,17)8-7-15-10(13-14-11(15)18)9-5-3-4-6-12-9/h3-6H,2,7-8H2,1H3,(H,14,18). The molecular weight excluding hydrogens is 284 g/mol. The fourth-order valence-electron chi connectivity index (χ4n) is 1.59. The van der Waals surface area contributed by atoms with E-state index in [2.05, 4.69) is 15.2 Å². The van der Waals surface area contributed by atoms with Gasteiger partial charge in [-0.05, 0) is 24.4 Å². The third-order valence-electron chi connectivity index (χ3n) is 2.72. The van der Waals surface area contributed by atoms with E-state index in [0.29, 0.717) is 16.3 Å². The Balaban J connectivity index is 2.32. The summed E-state index contributed by atoms with van der Waals surface area (Å²) in [5.74, 6) is 0.714. The van der Waals surface area contributed by atoms with E-state index >= 15 is 0 Å². The lowest BCUT2D eigenvalue weighted by molar-refractivity contribution is 0.590. The molecule has 6 nitrogen and oxygen atoms in total. The maximum Gasteiger partial charge on any atom is 0.195 e. The van der Waals surface area contributed by atoms with Crippen LogP contribution < -0.4 is 0 Å². The van der Waals surface area contributed by atoms with E-state index < -0.39 is 9.84 Å². The molecule has 19 heavy (non-hydrogen) atoms. The average molecular weight is 298 g/mol. The highest BCUT2D eigenvalue weighted by atomic mass is 32.2. The largest absolute Gasteiger partial charge is 0.298 e. The summed E-state index contributed by atoms with van der Waals surface area (Å²) >= 11 is 5.12. The number of nitrogens with one attached hydrogen (secondary N) is 1. The number of H-pyrrole nitrogens is 1. The molecule has 102 valence electrons. The van der Waals surface area contributed by atoms with Crippen molar-refractivity contribution in [2.24, 2.45) is 0 Å². The maximum absolute atomic E-state index is 11.6. The monoisotopic (exact) mass is 298 g/mol. The zero-order chi connectivity index (χ0) is 13.9. The van der Waals surface area contributed by atoms with Gasteiger partial charge >= 0.3 is 0 Å². The molecule has 0 bridgehead atoms. The molecule has 0 radical (unpaired) electrons. The highest BCUT2D eigenvalue weighted by Gasteiger charge is 2.13. The molecule has 2 heterocycles. The molecule has 0 fully saturated rings. The van der Waals surface area contributed by atoms with Crippen molar-refractivity contribution in [2.45, 2.75) is 13.5 Å². The molecule has 0 aliphatic carbocycles. The van der Waals surface area contributed by atoms with Crippen molar-refractivity contribution in [1.82, 2.24) is 19.7 Å². The summed E-state index contributed by atoms with van der Waals surface area (Å²) in [5.41, 5.74) is 0.656. The molecule has 0 saturated heterocycles. The second-order valence-corrected chi connectivity index (χ2v) is 6.81. The molecule has 0 saturated carbocycles. The number of rotatable bonds is 5. The summed E-state index contributed by atoms with van der Waals surface area (Å²) in [6.07, 6.45) is 1.65. The smallest absolute Gasteiger partial charge is 0.195 e. The Kier molecular flexibility index (Phi) is 4.11. The van der Waals surface area contributed by atoms with Crippen molar-refractivity contribution >= 4 is 22.1 Å². The molecule has 1 N–H and O–H groups in total. The molecular formula is C11H14N4O2S2. The second-order valence-electron chi connectivity index (χ2n) is 3.96. The first kappa shape index (κ1) is 13.9. The number of aromatic nitrogens is 4. The summed E-state index contributed by atoms with van der Waals surface area (Å²) in [6.45, 7) is 1.90. The topological polar surface area (TPSA) is 80.6 Å². The lowest BCUT2D eigenvalue weighted by atomic mass is 10.3. The van der Waals surface area contributed by atoms with Crippen LogP contribution in [0.25, 0.3) is 11.5 Å². The van der Waals surface area contributed by atoms with Gasteiger partial charge in [-0.15, -0.1) is 0 Å². The van der Waals surface area contributed by atoms with E-state index in [1.54, 1.807) is 29.8 Å². The van der Waals surface area contributed by atoms with E-state index in [0.717, 1.165) is 0 Å². The number of pyridine rings is 1. The zero-order valence-electron chi connectivity index (χ0n) is 10.4. The van der Waals surface area contributed by atoms with Gasteiger partial charge in [-0.25, -0.2) is 8.42 Å². The summed E-state index contributed by atoms with van der Waals surface area (Å²) < 4.78 is 25.2. The van der Waals surface area contributed by atoms with Gasteiger partial charge in [0, 0.05) is 18.5 Å². The molecule has 0 atom stereocenters. The number of nitrogens with zero attached hydrogens (tertiary/aromatic N) is 3. The van der Waals surface area contributed by atoms with Gasteiger partial charge in [0.2, 0.25) is 0 Å². The number of hydrogen-bond acceptors (Lipinski definition) is 5. The lowest BCUT2D eigenvalue weighted by Crippen LogP contribution is -2.15. The van der Waals surface area contributed by atoms with Crippen molar-refractivity contribution in [3.63, 3.8) is 0 Å². The van der Waals surface area contributed by atoms with E-state index in [1.165, 1.54) is 0 Å². The van der Waals surface area contributed by atoms with Crippen molar-refractivity contribution < 1.29 is 8.42 Å². The summed E-state index contributed by atoms with van der Waals surface area (Å²) in [4.78, 5) is 4.19. The van der Waals surface area contributed by atoms with Gasteiger partial charge in [0.1, 0.15) is 5.69 Å². The Morgan fingerprint density at radius 3 is 2.84 bits per heavy atom. The summed E-state index contributed by atoms with van der Waals surface area (Å²) in [6, 6.07) is 5.44. The van der Waals surface area contributed by atoms with Crippen LogP contribution in [0.15, 0.2) is 24.4 Å². The first-order valence-electron chi connectivity index (χ1n) is 5.80. The fourth-order valence-corrected chi connectivity index (χ4v) is 2.56. The van der Waals surface area contributed by atoms with Crippen LogP contribution in [-0.4, -0.2) is 39.7 Å². The van der Waals surface area contributed by atoms with Gasteiger partial charge in [-0.2, -0.15) is 5.10 Å². The Labute approximate surface area is 116 Å². The molecule has 0 unspecified atom stereocenters. The summed E-state index contributed by atoms with van der Waals surface area (Å²) in [5, 5.41) is 6.77. The predicted molar refractivity (Wildman–Crippen MR) is 75.0 cm³/mol. The van der Waals surface area contributed by atoms with Gasteiger partial charge in [0.25, 0.3) is 0 Å². The molecule has 2 aromatic heterocycles. The summed E-state index contributed by atoms with van der Waals surface area (Å²) in [7, 11) is -3.04. The van der Waals surface area contributed by atoms with Crippen LogP contribution in [0.1, 0.15) is 6.92 Å². The van der Waals surface area contributed by atoms with E-state index in [1.807, 2.05) is 6.07 Å². The molecule has 0 spiro atoms. The van der Waals surface area contributed by atoms with E-state index in [4.69, 9.17) is 12.2 Å². The van der Waals surface area contributed by atoms with Gasteiger partial charge in [-0.1, -0.05) is 13.0 Å². The first-order valence-corrected chi connectivity index (χ1v) is 8.03.